The van der Waals surface area contributed by atoms with Gasteiger partial charge in [-0.2, -0.15) is 5.26 Å². The third-order valence-corrected chi connectivity index (χ3v) is 8.47. The molecule has 0 N–H and O–H groups in total. The van der Waals surface area contributed by atoms with E-state index >= 15 is 0 Å². The quantitative estimate of drug-likeness (QED) is 0.518. The van der Waals surface area contributed by atoms with E-state index in [-0.39, 0.29) is 6.09 Å². The Morgan fingerprint density at radius 3 is 2.25 bits per heavy atom. The van der Waals surface area contributed by atoms with Crippen LogP contribution in [0.25, 0.3) is 11.1 Å². The molecule has 1 amide bonds. The van der Waals surface area contributed by atoms with Crippen molar-refractivity contribution in [2.24, 2.45) is 0 Å². The lowest BCUT2D eigenvalue weighted by molar-refractivity contribution is 0.0340. The number of benzene rings is 2. The van der Waals surface area contributed by atoms with Crippen molar-refractivity contribution in [2.45, 2.75) is 75.9 Å². The van der Waals surface area contributed by atoms with E-state index in [9.17, 15) is 4.79 Å². The second kappa shape index (κ2) is 10.9. The third-order valence-electron chi connectivity index (χ3n) is 8.47. The van der Waals surface area contributed by atoms with E-state index in [4.69, 9.17) is 14.7 Å². The number of hydrogen-bond donors (Lipinski definition) is 0. The summed E-state index contributed by atoms with van der Waals surface area (Å²) < 4.78 is 11.1. The van der Waals surface area contributed by atoms with Crippen molar-refractivity contribution in [2.75, 3.05) is 26.8 Å². The summed E-state index contributed by atoms with van der Waals surface area (Å²) in [5, 5.41) is 8.94. The Hall–Kier alpha value is -3.04. The summed E-state index contributed by atoms with van der Waals surface area (Å²) in [6.07, 6.45) is 6.92. The standard InChI is InChI=1S/C30H37N3O3/c1-3-36-30(34)33-25-9-10-26(33)20-27(19-25)32-16-13-23(14-17-32)28-18-24(8-11-29(28)35-2)22-6-4-21(5-7-22)12-15-31/h4-8,11,18,23,25-27H,3,9-10,12-14,16-17,19-20H2,1-2H3. The van der Waals surface area contributed by atoms with E-state index in [1.54, 1.807) is 7.11 Å². The van der Waals surface area contributed by atoms with Gasteiger partial charge in [0.05, 0.1) is 26.2 Å². The summed E-state index contributed by atoms with van der Waals surface area (Å²) in [5.74, 6) is 1.45. The van der Waals surface area contributed by atoms with Crippen LogP contribution in [0, 0.1) is 11.3 Å². The van der Waals surface area contributed by atoms with Crippen molar-refractivity contribution >= 4 is 6.09 Å². The molecule has 2 aromatic carbocycles. The summed E-state index contributed by atoms with van der Waals surface area (Å²) in [6, 6.07) is 18.3. The average Bonchev–Trinajstić information content (AvgIpc) is 3.18. The van der Waals surface area contributed by atoms with Gasteiger partial charge in [-0.1, -0.05) is 30.3 Å². The first kappa shape index (κ1) is 24.6. The Bertz CT molecular complexity index is 1090. The van der Waals surface area contributed by atoms with E-state index in [0.717, 1.165) is 62.9 Å². The Morgan fingerprint density at radius 2 is 1.64 bits per heavy atom. The second-order valence-electron chi connectivity index (χ2n) is 10.4. The number of amides is 1. The number of nitriles is 1. The largest absolute Gasteiger partial charge is 0.496 e. The van der Waals surface area contributed by atoms with Gasteiger partial charge in [-0.05, 0) is 98.8 Å². The lowest BCUT2D eigenvalue weighted by Gasteiger charge is -2.45. The minimum Gasteiger partial charge on any atom is -0.496 e. The summed E-state index contributed by atoms with van der Waals surface area (Å²) in [4.78, 5) is 17.2. The van der Waals surface area contributed by atoms with Crippen LogP contribution < -0.4 is 4.74 Å². The molecule has 5 rings (SSSR count). The Morgan fingerprint density at radius 1 is 0.972 bits per heavy atom. The molecule has 36 heavy (non-hydrogen) atoms. The maximum absolute atomic E-state index is 12.4. The van der Waals surface area contributed by atoms with E-state index in [2.05, 4.69) is 41.3 Å². The number of hydrogen-bond acceptors (Lipinski definition) is 5. The van der Waals surface area contributed by atoms with E-state index in [0.29, 0.717) is 37.1 Å². The molecule has 2 unspecified atom stereocenters. The van der Waals surface area contributed by atoms with Gasteiger partial charge in [0.1, 0.15) is 5.75 Å². The van der Waals surface area contributed by atoms with Crippen LogP contribution in [-0.4, -0.2) is 60.8 Å². The minimum absolute atomic E-state index is 0.117. The van der Waals surface area contributed by atoms with Crippen molar-refractivity contribution in [3.63, 3.8) is 0 Å². The highest BCUT2D eigenvalue weighted by atomic mass is 16.6. The topological polar surface area (TPSA) is 65.8 Å². The maximum atomic E-state index is 12.4. The molecule has 0 aromatic heterocycles. The Kier molecular flexibility index (Phi) is 7.48. The fourth-order valence-electron chi connectivity index (χ4n) is 6.66. The molecule has 0 radical (unpaired) electrons. The zero-order chi connectivity index (χ0) is 25.1. The van der Waals surface area contributed by atoms with Gasteiger partial charge in [0.25, 0.3) is 0 Å². The monoisotopic (exact) mass is 487 g/mol. The molecule has 3 saturated heterocycles. The molecule has 0 aliphatic carbocycles. The molecule has 3 fully saturated rings. The van der Waals surface area contributed by atoms with Crippen LogP contribution in [0.5, 0.6) is 5.75 Å². The van der Waals surface area contributed by atoms with E-state index in [1.165, 1.54) is 16.7 Å². The average molecular weight is 488 g/mol. The first-order valence-electron chi connectivity index (χ1n) is 13.4. The molecule has 0 saturated carbocycles. The Labute approximate surface area is 214 Å². The minimum atomic E-state index is -0.117. The number of piperidine rings is 2. The van der Waals surface area contributed by atoms with Gasteiger partial charge in [0.2, 0.25) is 0 Å². The van der Waals surface area contributed by atoms with Gasteiger partial charge < -0.3 is 19.3 Å². The number of methoxy groups -OCH3 is 1. The molecule has 3 aliphatic heterocycles. The molecule has 2 bridgehead atoms. The first-order chi connectivity index (χ1) is 17.6. The third kappa shape index (κ3) is 4.95. The normalized spacial score (nSPS) is 24.4. The molecule has 3 heterocycles. The smallest absolute Gasteiger partial charge is 0.410 e. The molecule has 3 aliphatic rings. The molecule has 190 valence electrons. The number of carbonyl (C=O) groups excluding carboxylic acids is 1. The molecule has 2 aromatic rings. The van der Waals surface area contributed by atoms with E-state index < -0.39 is 0 Å². The molecular weight excluding hydrogens is 450 g/mol. The molecule has 0 spiro atoms. The SMILES string of the molecule is CCOC(=O)N1C2CCC1CC(N1CCC(c3cc(-c4ccc(CC#N)cc4)ccc3OC)CC1)C2. The van der Waals surface area contributed by atoms with Crippen LogP contribution in [0.2, 0.25) is 0 Å². The van der Waals surface area contributed by atoms with E-state index in [1.807, 2.05) is 24.0 Å². The Balaban J connectivity index is 1.24. The maximum Gasteiger partial charge on any atom is 0.410 e. The van der Waals surface area contributed by atoms with Crippen molar-refractivity contribution in [1.82, 2.24) is 9.80 Å². The first-order valence-corrected chi connectivity index (χ1v) is 13.4. The van der Waals surface area contributed by atoms with Crippen molar-refractivity contribution < 1.29 is 14.3 Å². The fraction of sp³-hybridized carbons (Fsp3) is 0.533. The lowest BCUT2D eigenvalue weighted by atomic mass is 9.85. The highest BCUT2D eigenvalue weighted by molar-refractivity contribution is 5.69. The van der Waals surface area contributed by atoms with Gasteiger partial charge >= 0.3 is 6.09 Å². The van der Waals surface area contributed by atoms with Gasteiger partial charge in [0.15, 0.2) is 0 Å². The zero-order valence-electron chi connectivity index (χ0n) is 21.5. The van der Waals surface area contributed by atoms with Gasteiger partial charge in [-0.25, -0.2) is 4.79 Å². The summed E-state index contributed by atoms with van der Waals surface area (Å²) in [7, 11) is 1.76. The van der Waals surface area contributed by atoms with Crippen molar-refractivity contribution in [3.05, 3.63) is 53.6 Å². The van der Waals surface area contributed by atoms with Crippen LogP contribution in [-0.2, 0) is 11.2 Å². The number of carbonyl (C=O) groups is 1. The zero-order valence-corrected chi connectivity index (χ0v) is 21.5. The highest BCUT2D eigenvalue weighted by Crippen LogP contribution is 2.41. The van der Waals surface area contributed by atoms with Gasteiger partial charge in [0, 0.05) is 18.1 Å². The predicted octanol–water partition coefficient (Wildman–Crippen LogP) is 5.76. The number of rotatable bonds is 6. The number of fused-ring (bicyclic) bond motifs is 2. The number of nitrogens with zero attached hydrogens (tertiary/aromatic N) is 3. The van der Waals surface area contributed by atoms with Crippen LogP contribution in [0.3, 0.4) is 0 Å². The predicted molar refractivity (Wildman–Crippen MR) is 140 cm³/mol. The van der Waals surface area contributed by atoms with Crippen molar-refractivity contribution in [3.8, 4) is 22.9 Å². The van der Waals surface area contributed by atoms with Crippen LogP contribution in [0.15, 0.2) is 42.5 Å². The molecule has 2 atom stereocenters. The van der Waals surface area contributed by atoms with Crippen LogP contribution in [0.1, 0.15) is 62.5 Å². The molecule has 6 heteroatoms. The van der Waals surface area contributed by atoms with Crippen LogP contribution >= 0.6 is 0 Å². The fourth-order valence-corrected chi connectivity index (χ4v) is 6.66. The van der Waals surface area contributed by atoms with Crippen LogP contribution in [0.4, 0.5) is 4.79 Å². The molecule has 6 nitrogen and oxygen atoms in total. The van der Waals surface area contributed by atoms with Gasteiger partial charge in [-0.3, -0.25) is 0 Å². The summed E-state index contributed by atoms with van der Waals surface area (Å²) in [6.45, 7) is 4.51. The molecular formula is C30H37N3O3. The second-order valence-corrected chi connectivity index (χ2v) is 10.4. The highest BCUT2D eigenvalue weighted by Gasteiger charge is 2.45. The lowest BCUT2D eigenvalue weighted by Crippen LogP contribution is -2.53. The number of ether oxygens (including phenoxy) is 2. The van der Waals surface area contributed by atoms with Gasteiger partial charge in [-0.15, -0.1) is 0 Å². The summed E-state index contributed by atoms with van der Waals surface area (Å²) >= 11 is 0. The number of likely N-dealkylation sites (tertiary alicyclic amines) is 1. The summed E-state index contributed by atoms with van der Waals surface area (Å²) in [5.41, 5.74) is 4.71. The van der Waals surface area contributed by atoms with Crippen molar-refractivity contribution in [1.29, 1.82) is 5.26 Å².